The number of aryl methyl sites for hydroxylation is 1. The number of ether oxygens (including phenoxy) is 1. The molecule has 2 heterocycles. The highest BCUT2D eigenvalue weighted by atomic mass is 16.5. The molecular formula is C28H30N2O5. The monoisotopic (exact) mass is 474 g/mol. The van der Waals surface area contributed by atoms with Crippen molar-refractivity contribution in [3.63, 3.8) is 0 Å². The number of Topliss-reactive ketones (excluding diaryl/α,β-unsaturated/α-hetero) is 1. The van der Waals surface area contributed by atoms with Gasteiger partial charge in [0.2, 0.25) is 0 Å². The molecule has 0 radical (unpaired) electrons. The van der Waals surface area contributed by atoms with Crippen LogP contribution in [0.3, 0.4) is 0 Å². The van der Waals surface area contributed by atoms with E-state index in [1.807, 2.05) is 45.0 Å². The van der Waals surface area contributed by atoms with Gasteiger partial charge in [-0.05, 0) is 73.0 Å². The van der Waals surface area contributed by atoms with Gasteiger partial charge in [-0.25, -0.2) is 0 Å². The van der Waals surface area contributed by atoms with E-state index in [-0.39, 0.29) is 17.3 Å². The molecule has 1 aliphatic rings. The second kappa shape index (κ2) is 9.33. The molecule has 7 heteroatoms. The van der Waals surface area contributed by atoms with Crippen LogP contribution in [0.5, 0.6) is 5.75 Å². The van der Waals surface area contributed by atoms with Crippen molar-refractivity contribution < 1.29 is 23.8 Å². The van der Waals surface area contributed by atoms with Crippen LogP contribution in [0.2, 0.25) is 0 Å². The van der Waals surface area contributed by atoms with Crippen LogP contribution in [0, 0.1) is 6.92 Å². The SMILES string of the molecule is COc1ccc(/C(O)=C2/C(=O)C(=O)N(c3ccc(N(C)C)cc3)C2c2ccc(C)o2)cc1C(C)C. The Balaban J connectivity index is 1.90. The van der Waals surface area contributed by atoms with E-state index in [0.717, 1.165) is 11.3 Å². The van der Waals surface area contributed by atoms with Crippen LogP contribution < -0.4 is 14.5 Å². The lowest BCUT2D eigenvalue weighted by molar-refractivity contribution is -0.132. The van der Waals surface area contributed by atoms with Gasteiger partial charge in [-0.1, -0.05) is 13.8 Å². The number of aliphatic hydroxyl groups excluding tert-OH is 1. The first-order chi connectivity index (χ1) is 16.6. The first-order valence-electron chi connectivity index (χ1n) is 11.5. The van der Waals surface area contributed by atoms with E-state index >= 15 is 0 Å². The van der Waals surface area contributed by atoms with Crippen molar-refractivity contribution in [1.82, 2.24) is 0 Å². The number of furan rings is 1. The fourth-order valence-corrected chi connectivity index (χ4v) is 4.37. The van der Waals surface area contributed by atoms with Crippen molar-refractivity contribution in [1.29, 1.82) is 0 Å². The Morgan fingerprint density at radius 2 is 1.74 bits per heavy atom. The van der Waals surface area contributed by atoms with Gasteiger partial charge in [-0.2, -0.15) is 0 Å². The third-order valence-corrected chi connectivity index (χ3v) is 6.24. The molecule has 0 bridgehead atoms. The standard InChI is InChI=1S/C28H30N2O5/c1-16(2)21-15-18(8-14-22(21)34-6)26(31)24-25(23-13-7-17(3)35-23)30(28(33)27(24)32)20-11-9-19(10-12-20)29(4)5/h7-16,25,31H,1-6H3/b26-24-. The van der Waals surface area contributed by atoms with Crippen molar-refractivity contribution >= 4 is 28.8 Å². The smallest absolute Gasteiger partial charge is 0.300 e. The van der Waals surface area contributed by atoms with Gasteiger partial charge in [0.15, 0.2) is 0 Å². The fraction of sp³-hybridized carbons (Fsp3) is 0.286. The summed E-state index contributed by atoms with van der Waals surface area (Å²) in [7, 11) is 5.44. The van der Waals surface area contributed by atoms with Gasteiger partial charge in [0.1, 0.15) is 29.1 Å². The molecule has 1 amide bonds. The van der Waals surface area contributed by atoms with E-state index in [0.29, 0.717) is 28.5 Å². The summed E-state index contributed by atoms with van der Waals surface area (Å²) in [6.07, 6.45) is 0. The molecule has 1 unspecified atom stereocenters. The zero-order valence-corrected chi connectivity index (χ0v) is 20.8. The van der Waals surface area contributed by atoms with E-state index in [9.17, 15) is 14.7 Å². The van der Waals surface area contributed by atoms with Gasteiger partial charge in [0, 0.05) is 31.0 Å². The predicted octanol–water partition coefficient (Wildman–Crippen LogP) is 5.41. The summed E-state index contributed by atoms with van der Waals surface area (Å²) in [5.74, 6) is 0.118. The van der Waals surface area contributed by atoms with Gasteiger partial charge in [-0.15, -0.1) is 0 Å². The predicted molar refractivity (Wildman–Crippen MR) is 136 cm³/mol. The van der Waals surface area contributed by atoms with Crippen molar-refractivity contribution in [2.24, 2.45) is 0 Å². The lowest BCUT2D eigenvalue weighted by Crippen LogP contribution is -2.29. The summed E-state index contributed by atoms with van der Waals surface area (Å²) in [5.41, 5.74) is 2.80. The maximum Gasteiger partial charge on any atom is 0.300 e. The van der Waals surface area contributed by atoms with Crippen LogP contribution in [-0.4, -0.2) is 38.0 Å². The average Bonchev–Trinajstić information content (AvgIpc) is 3.38. The summed E-state index contributed by atoms with van der Waals surface area (Å²) in [5, 5.41) is 11.4. The molecule has 1 aromatic heterocycles. The van der Waals surface area contributed by atoms with E-state index in [2.05, 4.69) is 0 Å². The van der Waals surface area contributed by atoms with Crippen molar-refractivity contribution in [2.75, 3.05) is 31.0 Å². The molecular weight excluding hydrogens is 444 g/mol. The maximum atomic E-state index is 13.3. The Hall–Kier alpha value is -4.00. The number of carbonyl (C=O) groups excluding carboxylic acids is 2. The van der Waals surface area contributed by atoms with E-state index in [4.69, 9.17) is 9.15 Å². The summed E-state index contributed by atoms with van der Waals surface area (Å²) in [6.45, 7) is 5.83. The minimum atomic E-state index is -0.904. The largest absolute Gasteiger partial charge is 0.507 e. The Labute approximate surface area is 205 Å². The van der Waals surface area contributed by atoms with Gasteiger partial charge in [-0.3, -0.25) is 14.5 Å². The molecule has 0 aliphatic carbocycles. The molecule has 1 saturated heterocycles. The number of carbonyl (C=O) groups is 2. The number of hydrogen-bond donors (Lipinski definition) is 1. The van der Waals surface area contributed by atoms with E-state index < -0.39 is 17.7 Å². The summed E-state index contributed by atoms with van der Waals surface area (Å²) < 4.78 is 11.3. The molecule has 1 atom stereocenters. The number of benzene rings is 2. The number of anilines is 2. The highest BCUT2D eigenvalue weighted by Gasteiger charge is 2.48. The Kier molecular flexibility index (Phi) is 6.43. The van der Waals surface area contributed by atoms with Gasteiger partial charge in [0.05, 0.1) is 12.7 Å². The molecule has 35 heavy (non-hydrogen) atoms. The molecule has 1 fully saturated rings. The van der Waals surface area contributed by atoms with Gasteiger partial charge >= 0.3 is 0 Å². The lowest BCUT2D eigenvalue weighted by Gasteiger charge is -2.24. The van der Waals surface area contributed by atoms with Crippen LogP contribution in [0.15, 0.2) is 64.6 Å². The number of nitrogens with zero attached hydrogens (tertiary/aromatic N) is 2. The molecule has 182 valence electrons. The first kappa shape index (κ1) is 24.1. The van der Waals surface area contributed by atoms with Crippen LogP contribution >= 0.6 is 0 Å². The molecule has 7 nitrogen and oxygen atoms in total. The number of hydrogen-bond acceptors (Lipinski definition) is 6. The normalized spacial score (nSPS) is 17.3. The number of amides is 1. The summed E-state index contributed by atoms with van der Waals surface area (Å²) in [4.78, 5) is 30.0. The Bertz CT molecular complexity index is 1300. The van der Waals surface area contributed by atoms with Gasteiger partial charge < -0.3 is 19.2 Å². The molecule has 1 aliphatic heterocycles. The highest BCUT2D eigenvalue weighted by Crippen LogP contribution is 2.43. The first-order valence-corrected chi connectivity index (χ1v) is 11.5. The Morgan fingerprint density at radius 1 is 1.06 bits per heavy atom. The maximum absolute atomic E-state index is 13.3. The van der Waals surface area contributed by atoms with Crippen LogP contribution in [-0.2, 0) is 9.59 Å². The molecule has 1 N–H and O–H groups in total. The second-order valence-corrected chi connectivity index (χ2v) is 9.14. The van der Waals surface area contributed by atoms with Crippen LogP contribution in [0.1, 0.15) is 48.5 Å². The quantitative estimate of drug-likeness (QED) is 0.292. The molecule has 0 spiro atoms. The third-order valence-electron chi connectivity index (χ3n) is 6.24. The third kappa shape index (κ3) is 4.30. The number of ketones is 1. The van der Waals surface area contributed by atoms with Crippen molar-refractivity contribution in [3.8, 4) is 5.75 Å². The van der Waals surface area contributed by atoms with Crippen molar-refractivity contribution in [3.05, 3.63) is 82.8 Å². The topological polar surface area (TPSA) is 83.2 Å². The zero-order chi connectivity index (χ0) is 25.4. The zero-order valence-electron chi connectivity index (χ0n) is 20.8. The minimum absolute atomic E-state index is 0.0130. The summed E-state index contributed by atoms with van der Waals surface area (Å²) >= 11 is 0. The fourth-order valence-electron chi connectivity index (χ4n) is 4.37. The number of aliphatic hydroxyl groups is 1. The number of methoxy groups -OCH3 is 1. The lowest BCUT2D eigenvalue weighted by atomic mass is 9.95. The van der Waals surface area contributed by atoms with Crippen LogP contribution in [0.25, 0.3) is 5.76 Å². The molecule has 2 aromatic carbocycles. The Morgan fingerprint density at radius 3 is 2.29 bits per heavy atom. The van der Waals surface area contributed by atoms with Crippen LogP contribution in [0.4, 0.5) is 11.4 Å². The van der Waals surface area contributed by atoms with E-state index in [1.165, 1.54) is 4.90 Å². The molecule has 0 saturated carbocycles. The van der Waals surface area contributed by atoms with Crippen molar-refractivity contribution in [2.45, 2.75) is 32.7 Å². The second-order valence-electron chi connectivity index (χ2n) is 9.14. The summed E-state index contributed by atoms with van der Waals surface area (Å²) in [6, 6.07) is 15.1. The van der Waals surface area contributed by atoms with Gasteiger partial charge in [0.25, 0.3) is 11.7 Å². The average molecular weight is 475 g/mol. The van der Waals surface area contributed by atoms with E-state index in [1.54, 1.807) is 56.5 Å². The molecule has 4 rings (SSSR count). The minimum Gasteiger partial charge on any atom is -0.507 e. The molecule has 3 aromatic rings. The highest BCUT2D eigenvalue weighted by molar-refractivity contribution is 6.51. The number of rotatable bonds is 6.